The number of hydrogen-bond donors (Lipinski definition) is 2. The zero-order chi connectivity index (χ0) is 20.4. The number of nitrogens with one attached hydrogen (secondary N) is 2. The summed E-state index contributed by atoms with van der Waals surface area (Å²) in [6.07, 6.45) is 2.34. The molecule has 2 atom stereocenters. The van der Waals surface area contributed by atoms with Crippen LogP contribution in [0.3, 0.4) is 0 Å². The molecular formula is C23H24ClN2O3+. The second-order valence-corrected chi connectivity index (χ2v) is 8.25. The quantitative estimate of drug-likeness (QED) is 0.691. The Hall–Kier alpha value is -2.63. The monoisotopic (exact) mass is 411 g/mol. The lowest BCUT2D eigenvalue weighted by Crippen LogP contribution is -3.14. The molecule has 0 saturated carbocycles. The highest BCUT2D eigenvalue weighted by atomic mass is 35.5. The highest BCUT2D eigenvalue weighted by Gasteiger charge is 2.24. The van der Waals surface area contributed by atoms with Crippen molar-refractivity contribution in [1.29, 1.82) is 0 Å². The highest BCUT2D eigenvalue weighted by molar-refractivity contribution is 6.30. The summed E-state index contributed by atoms with van der Waals surface area (Å²) < 4.78 is 5.97. The molecule has 6 heteroatoms. The van der Waals surface area contributed by atoms with Crippen molar-refractivity contribution in [2.75, 3.05) is 25.0 Å². The lowest BCUT2D eigenvalue weighted by molar-refractivity contribution is -0.900. The summed E-state index contributed by atoms with van der Waals surface area (Å²) in [5.41, 5.74) is 1.27. The standard InChI is InChI=1S/C23H23ClN2O3/c1-15-5-4-12-26(13-15)14-20(27)25-23-21(16-8-10-17(24)11-9-16)22(28)18-6-2-3-7-19(18)29-23/h2-3,6-11,15H,4-5,12-14H2,1H3,(H,25,27)/p+1/t15-/m1/s1. The van der Waals surface area contributed by atoms with Crippen LogP contribution in [-0.2, 0) is 4.79 Å². The summed E-state index contributed by atoms with van der Waals surface area (Å²) in [5.74, 6) is 0.656. The molecule has 4 rings (SSSR count). The largest absolute Gasteiger partial charge is 0.439 e. The lowest BCUT2D eigenvalue weighted by atomic mass is 10.0. The van der Waals surface area contributed by atoms with Gasteiger partial charge in [-0.2, -0.15) is 0 Å². The number of rotatable bonds is 4. The van der Waals surface area contributed by atoms with E-state index in [0.29, 0.717) is 39.6 Å². The van der Waals surface area contributed by atoms with Crippen molar-refractivity contribution < 1.29 is 14.1 Å². The van der Waals surface area contributed by atoms with Gasteiger partial charge in [-0.1, -0.05) is 42.8 Å². The number of carbonyl (C=O) groups is 1. The molecule has 5 nitrogen and oxygen atoms in total. The number of quaternary nitrogens is 1. The fraction of sp³-hybridized carbons (Fsp3) is 0.304. The van der Waals surface area contributed by atoms with E-state index < -0.39 is 0 Å². The molecule has 0 radical (unpaired) electrons. The van der Waals surface area contributed by atoms with Crippen molar-refractivity contribution >= 4 is 34.4 Å². The van der Waals surface area contributed by atoms with Gasteiger partial charge in [0.1, 0.15) is 5.58 Å². The summed E-state index contributed by atoms with van der Waals surface area (Å²) in [4.78, 5) is 27.2. The molecule has 0 bridgehead atoms. The third-order valence-electron chi connectivity index (χ3n) is 5.46. The van der Waals surface area contributed by atoms with Gasteiger partial charge in [0.15, 0.2) is 6.54 Å². The number of benzene rings is 2. The molecule has 1 saturated heterocycles. The van der Waals surface area contributed by atoms with Gasteiger partial charge in [0, 0.05) is 10.9 Å². The predicted molar refractivity (Wildman–Crippen MR) is 116 cm³/mol. The molecule has 1 aromatic heterocycles. The van der Waals surface area contributed by atoms with Gasteiger partial charge in [-0.15, -0.1) is 0 Å². The molecule has 1 fully saturated rings. The van der Waals surface area contributed by atoms with Crippen LogP contribution in [0.2, 0.25) is 5.02 Å². The molecule has 1 unspecified atom stereocenters. The Labute approximate surface area is 174 Å². The van der Waals surface area contributed by atoms with Gasteiger partial charge >= 0.3 is 0 Å². The smallest absolute Gasteiger partial charge is 0.281 e. The average molecular weight is 412 g/mol. The van der Waals surface area contributed by atoms with Gasteiger partial charge in [-0.05, 0) is 42.7 Å². The third-order valence-corrected chi connectivity index (χ3v) is 5.71. The zero-order valence-electron chi connectivity index (χ0n) is 16.3. The summed E-state index contributed by atoms with van der Waals surface area (Å²) in [7, 11) is 0. The van der Waals surface area contributed by atoms with Crippen LogP contribution in [0.5, 0.6) is 0 Å². The van der Waals surface area contributed by atoms with Crippen molar-refractivity contribution in [1.82, 2.24) is 0 Å². The highest BCUT2D eigenvalue weighted by Crippen LogP contribution is 2.29. The first kappa shape index (κ1) is 19.7. The van der Waals surface area contributed by atoms with Crippen molar-refractivity contribution in [2.24, 2.45) is 5.92 Å². The van der Waals surface area contributed by atoms with Crippen molar-refractivity contribution in [3.63, 3.8) is 0 Å². The van der Waals surface area contributed by atoms with E-state index in [1.807, 2.05) is 0 Å². The fourth-order valence-corrected chi connectivity index (χ4v) is 4.19. The molecule has 2 heterocycles. The second kappa shape index (κ2) is 8.39. The van der Waals surface area contributed by atoms with Crippen LogP contribution in [0, 0.1) is 5.92 Å². The Morgan fingerprint density at radius 2 is 1.97 bits per heavy atom. The van der Waals surface area contributed by atoms with Gasteiger partial charge < -0.3 is 9.32 Å². The Kier molecular flexibility index (Phi) is 5.69. The van der Waals surface area contributed by atoms with E-state index in [4.69, 9.17) is 16.0 Å². The van der Waals surface area contributed by atoms with Crippen LogP contribution < -0.4 is 15.6 Å². The van der Waals surface area contributed by atoms with E-state index in [1.165, 1.54) is 11.3 Å². The molecule has 1 aliphatic rings. The summed E-state index contributed by atoms with van der Waals surface area (Å²) in [6.45, 7) is 4.56. The third kappa shape index (κ3) is 4.36. The van der Waals surface area contributed by atoms with E-state index in [2.05, 4.69) is 12.2 Å². The van der Waals surface area contributed by atoms with Crippen LogP contribution in [0.15, 0.2) is 57.7 Å². The Morgan fingerprint density at radius 1 is 1.21 bits per heavy atom. The predicted octanol–water partition coefficient (Wildman–Crippen LogP) is 3.37. The molecule has 1 amide bonds. The van der Waals surface area contributed by atoms with E-state index >= 15 is 0 Å². The second-order valence-electron chi connectivity index (χ2n) is 7.81. The van der Waals surface area contributed by atoms with Gasteiger partial charge in [0.2, 0.25) is 11.3 Å². The summed E-state index contributed by atoms with van der Waals surface area (Å²) in [6, 6.07) is 14.0. The van der Waals surface area contributed by atoms with Crippen molar-refractivity contribution in [3.8, 4) is 11.1 Å². The maximum absolute atomic E-state index is 13.2. The molecule has 2 N–H and O–H groups in total. The topological polar surface area (TPSA) is 63.8 Å². The number of piperidine rings is 1. The van der Waals surface area contributed by atoms with Crippen molar-refractivity contribution in [2.45, 2.75) is 19.8 Å². The number of hydrogen-bond acceptors (Lipinski definition) is 3. The average Bonchev–Trinajstić information content (AvgIpc) is 2.69. The number of amides is 1. The van der Waals surface area contributed by atoms with Gasteiger partial charge in [0.25, 0.3) is 5.91 Å². The summed E-state index contributed by atoms with van der Waals surface area (Å²) >= 11 is 6.00. The molecule has 3 aromatic rings. The maximum atomic E-state index is 13.2. The molecule has 150 valence electrons. The minimum Gasteiger partial charge on any atom is -0.439 e. The molecule has 2 aromatic carbocycles. The Balaban J connectivity index is 1.70. The SMILES string of the molecule is C[C@@H]1CCC[NH+](CC(=O)Nc2oc3ccccc3c(=O)c2-c2ccc(Cl)cc2)C1. The molecule has 1 aliphatic heterocycles. The van der Waals surface area contributed by atoms with E-state index in [1.54, 1.807) is 48.5 Å². The number of para-hydroxylation sites is 1. The van der Waals surface area contributed by atoms with E-state index in [9.17, 15) is 9.59 Å². The first-order valence-electron chi connectivity index (χ1n) is 9.96. The number of anilines is 1. The first-order chi connectivity index (χ1) is 14.0. The van der Waals surface area contributed by atoms with Crippen molar-refractivity contribution in [3.05, 3.63) is 63.8 Å². The van der Waals surface area contributed by atoms with E-state index in [0.717, 1.165) is 19.5 Å². The van der Waals surface area contributed by atoms with Crippen LogP contribution in [0.4, 0.5) is 5.88 Å². The zero-order valence-corrected chi connectivity index (χ0v) is 17.1. The fourth-order valence-electron chi connectivity index (χ4n) is 4.06. The number of halogens is 1. The van der Waals surface area contributed by atoms with Gasteiger partial charge in [-0.25, -0.2) is 0 Å². The van der Waals surface area contributed by atoms with Crippen LogP contribution in [0.25, 0.3) is 22.1 Å². The first-order valence-corrected chi connectivity index (χ1v) is 10.3. The Morgan fingerprint density at radius 3 is 2.72 bits per heavy atom. The molecule has 0 spiro atoms. The lowest BCUT2D eigenvalue weighted by Gasteiger charge is -2.27. The van der Waals surface area contributed by atoms with Crippen LogP contribution in [0.1, 0.15) is 19.8 Å². The maximum Gasteiger partial charge on any atom is 0.281 e. The molecular weight excluding hydrogens is 388 g/mol. The van der Waals surface area contributed by atoms with Gasteiger partial charge in [0.05, 0.1) is 24.0 Å². The van der Waals surface area contributed by atoms with E-state index in [-0.39, 0.29) is 17.2 Å². The van der Waals surface area contributed by atoms with Crippen LogP contribution >= 0.6 is 11.6 Å². The summed E-state index contributed by atoms with van der Waals surface area (Å²) in [5, 5.41) is 3.91. The molecule has 29 heavy (non-hydrogen) atoms. The number of fused-ring (bicyclic) bond motifs is 1. The van der Waals surface area contributed by atoms with Gasteiger partial charge in [-0.3, -0.25) is 14.9 Å². The number of carbonyl (C=O) groups excluding carboxylic acids is 1. The molecule has 0 aliphatic carbocycles. The minimum atomic E-state index is -0.177. The van der Waals surface area contributed by atoms with Crippen LogP contribution in [-0.4, -0.2) is 25.5 Å². The number of likely N-dealkylation sites (tertiary alicyclic amines) is 1. The Bertz CT molecular complexity index is 1090. The minimum absolute atomic E-state index is 0.150. The normalized spacial score (nSPS) is 19.2.